The molecule has 0 aromatic carbocycles. The van der Waals surface area contributed by atoms with E-state index in [4.69, 9.17) is 5.11 Å². The van der Waals surface area contributed by atoms with E-state index < -0.39 is 22.6 Å². The van der Waals surface area contributed by atoms with Gasteiger partial charge in [0.2, 0.25) is 0 Å². The van der Waals surface area contributed by atoms with E-state index in [1.807, 2.05) is 0 Å². The van der Waals surface area contributed by atoms with E-state index in [2.05, 4.69) is 4.98 Å². The van der Waals surface area contributed by atoms with Gasteiger partial charge in [0, 0.05) is 35.4 Å². The average Bonchev–Trinajstić information content (AvgIpc) is 2.30. The molecule has 0 atom stereocenters. The molecule has 1 aromatic heterocycles. The van der Waals surface area contributed by atoms with Gasteiger partial charge in [-0.05, 0) is 6.07 Å². The summed E-state index contributed by atoms with van der Waals surface area (Å²) >= 11 is 0. The lowest BCUT2D eigenvalue weighted by molar-refractivity contribution is 0.0696. The van der Waals surface area contributed by atoms with Crippen LogP contribution in [0.15, 0.2) is 12.3 Å². The molecule has 0 radical (unpaired) electrons. The van der Waals surface area contributed by atoms with E-state index in [1.165, 1.54) is 0 Å². The van der Waals surface area contributed by atoms with E-state index in [1.54, 1.807) is 4.90 Å². The van der Waals surface area contributed by atoms with E-state index in [0.717, 1.165) is 12.3 Å². The Morgan fingerprint density at radius 3 is 2.71 bits per heavy atom. The Morgan fingerprint density at radius 2 is 2.12 bits per heavy atom. The molecular weight excluding hydrogens is 247 g/mol. The largest absolute Gasteiger partial charge is 0.478 e. The second-order valence-corrected chi connectivity index (χ2v) is 5.36. The number of hydrogen-bond acceptors (Lipinski definition) is 4. The van der Waals surface area contributed by atoms with Crippen LogP contribution in [-0.2, 0) is 10.8 Å². The second kappa shape index (κ2) is 4.79. The number of halogens is 1. The molecule has 1 fully saturated rings. The predicted molar refractivity (Wildman–Crippen MR) is 61.2 cm³/mol. The Balaban J connectivity index is 2.31. The average molecular weight is 258 g/mol. The molecule has 0 bridgehead atoms. The number of carboxylic acid groups (broad SMARTS) is 1. The maximum Gasteiger partial charge on any atom is 0.339 e. The summed E-state index contributed by atoms with van der Waals surface area (Å²) in [5, 5.41) is 8.98. The zero-order chi connectivity index (χ0) is 12.4. The van der Waals surface area contributed by atoms with Crippen LogP contribution in [0.25, 0.3) is 0 Å². The second-order valence-electron chi connectivity index (χ2n) is 3.66. The van der Waals surface area contributed by atoms with Gasteiger partial charge in [-0.1, -0.05) is 0 Å². The van der Waals surface area contributed by atoms with E-state index in [9.17, 15) is 13.4 Å². The van der Waals surface area contributed by atoms with Gasteiger partial charge in [0.05, 0.1) is 6.20 Å². The Hall–Kier alpha value is -1.50. The van der Waals surface area contributed by atoms with Crippen molar-refractivity contribution in [3.63, 3.8) is 0 Å². The quantitative estimate of drug-likeness (QED) is 0.836. The Morgan fingerprint density at radius 1 is 1.47 bits per heavy atom. The molecule has 1 N–H and O–H groups in total. The van der Waals surface area contributed by atoms with Crippen molar-refractivity contribution in [3.05, 3.63) is 23.6 Å². The van der Waals surface area contributed by atoms with E-state index in [-0.39, 0.29) is 11.4 Å². The lowest BCUT2D eigenvalue weighted by Gasteiger charge is -2.28. The Bertz CT molecular complexity index is 471. The first-order valence-corrected chi connectivity index (χ1v) is 6.55. The van der Waals surface area contributed by atoms with Crippen molar-refractivity contribution in [2.24, 2.45) is 0 Å². The number of aromatic carboxylic acids is 1. The highest BCUT2D eigenvalue weighted by atomic mass is 32.2. The molecular formula is C10H11FN2O3S. The third kappa shape index (κ3) is 2.60. The molecule has 5 nitrogen and oxygen atoms in total. The first-order valence-electron chi connectivity index (χ1n) is 5.06. The topological polar surface area (TPSA) is 70.5 Å². The minimum Gasteiger partial charge on any atom is -0.478 e. The summed E-state index contributed by atoms with van der Waals surface area (Å²) in [4.78, 5) is 16.5. The third-order valence-electron chi connectivity index (χ3n) is 2.54. The molecule has 0 amide bonds. The summed E-state index contributed by atoms with van der Waals surface area (Å²) in [7, 11) is -0.847. The highest BCUT2D eigenvalue weighted by Gasteiger charge is 2.22. The molecule has 0 spiro atoms. The highest BCUT2D eigenvalue weighted by molar-refractivity contribution is 7.85. The minimum atomic E-state index is -1.21. The molecule has 2 rings (SSSR count). The highest BCUT2D eigenvalue weighted by Crippen LogP contribution is 2.20. The zero-order valence-corrected chi connectivity index (χ0v) is 9.74. The zero-order valence-electron chi connectivity index (χ0n) is 8.93. The van der Waals surface area contributed by atoms with Crippen LogP contribution in [0.5, 0.6) is 0 Å². The monoisotopic (exact) mass is 258 g/mol. The number of rotatable bonds is 2. The van der Waals surface area contributed by atoms with Crippen molar-refractivity contribution < 1.29 is 18.5 Å². The minimum absolute atomic E-state index is 0.155. The van der Waals surface area contributed by atoms with Crippen LogP contribution in [0.3, 0.4) is 0 Å². The SMILES string of the molecule is O=C(O)c1cc(F)cnc1N1CCS(=O)CC1. The number of hydrogen-bond donors (Lipinski definition) is 1. The summed E-state index contributed by atoms with van der Waals surface area (Å²) in [5.74, 6) is -0.669. The first kappa shape index (κ1) is 12.0. The van der Waals surface area contributed by atoms with Gasteiger partial charge < -0.3 is 10.0 Å². The van der Waals surface area contributed by atoms with Gasteiger partial charge in [-0.3, -0.25) is 4.21 Å². The van der Waals surface area contributed by atoms with Crippen LogP contribution in [0, 0.1) is 5.82 Å². The van der Waals surface area contributed by atoms with Gasteiger partial charge in [-0.15, -0.1) is 0 Å². The molecule has 1 aromatic rings. The molecule has 7 heteroatoms. The smallest absolute Gasteiger partial charge is 0.339 e. The van der Waals surface area contributed by atoms with Crippen molar-refractivity contribution >= 4 is 22.6 Å². The number of pyridine rings is 1. The number of carboxylic acids is 1. The lowest BCUT2D eigenvalue weighted by atomic mass is 10.2. The van der Waals surface area contributed by atoms with Crippen LogP contribution in [0.2, 0.25) is 0 Å². The third-order valence-corrected chi connectivity index (χ3v) is 3.82. The summed E-state index contributed by atoms with van der Waals surface area (Å²) in [6, 6.07) is 0.955. The van der Waals surface area contributed by atoms with Crippen molar-refractivity contribution in [2.75, 3.05) is 29.5 Å². The van der Waals surface area contributed by atoms with Crippen LogP contribution in [-0.4, -0.2) is 44.9 Å². The molecule has 1 aliphatic rings. The summed E-state index contributed by atoms with van der Waals surface area (Å²) in [6.07, 6.45) is 0.993. The fraction of sp³-hybridized carbons (Fsp3) is 0.400. The molecule has 0 saturated carbocycles. The standard InChI is InChI=1S/C10H11FN2O3S/c11-7-5-8(10(14)15)9(12-6-7)13-1-3-17(16)4-2-13/h5-6H,1-4H2,(H,14,15). The van der Waals surface area contributed by atoms with Gasteiger partial charge in [-0.25, -0.2) is 14.2 Å². The van der Waals surface area contributed by atoms with E-state index >= 15 is 0 Å². The number of nitrogens with zero attached hydrogens (tertiary/aromatic N) is 2. The summed E-state index contributed by atoms with van der Waals surface area (Å²) in [5.41, 5.74) is -0.155. The summed E-state index contributed by atoms with van der Waals surface area (Å²) in [6.45, 7) is 0.955. The maximum atomic E-state index is 12.9. The van der Waals surface area contributed by atoms with Gasteiger partial charge in [0.1, 0.15) is 17.2 Å². The molecule has 17 heavy (non-hydrogen) atoms. The molecule has 2 heterocycles. The molecule has 0 aliphatic carbocycles. The lowest BCUT2D eigenvalue weighted by Crippen LogP contribution is -2.39. The van der Waals surface area contributed by atoms with Gasteiger partial charge in [-0.2, -0.15) is 0 Å². The number of anilines is 1. The van der Waals surface area contributed by atoms with Gasteiger partial charge in [0.15, 0.2) is 0 Å². The van der Waals surface area contributed by atoms with Crippen LogP contribution in [0.1, 0.15) is 10.4 Å². The van der Waals surface area contributed by atoms with Crippen molar-refractivity contribution in [1.82, 2.24) is 4.98 Å². The molecule has 1 saturated heterocycles. The van der Waals surface area contributed by atoms with Gasteiger partial charge in [0.25, 0.3) is 0 Å². The number of carbonyl (C=O) groups is 1. The van der Waals surface area contributed by atoms with Crippen LogP contribution >= 0.6 is 0 Å². The maximum absolute atomic E-state index is 12.9. The van der Waals surface area contributed by atoms with Gasteiger partial charge >= 0.3 is 5.97 Å². The predicted octanol–water partition coefficient (Wildman–Crippen LogP) is 0.488. The Labute approximate surface area is 99.7 Å². The first-order chi connectivity index (χ1) is 8.08. The van der Waals surface area contributed by atoms with Crippen molar-refractivity contribution in [3.8, 4) is 0 Å². The van der Waals surface area contributed by atoms with E-state index in [0.29, 0.717) is 24.6 Å². The normalized spacial score (nSPS) is 17.1. The van der Waals surface area contributed by atoms with Crippen LogP contribution < -0.4 is 4.90 Å². The molecule has 1 aliphatic heterocycles. The number of aromatic nitrogens is 1. The van der Waals surface area contributed by atoms with Crippen molar-refractivity contribution in [2.45, 2.75) is 0 Å². The molecule has 0 unspecified atom stereocenters. The van der Waals surface area contributed by atoms with Crippen LogP contribution in [0.4, 0.5) is 10.2 Å². The Kier molecular flexibility index (Phi) is 3.37. The fourth-order valence-corrected chi connectivity index (χ4v) is 2.74. The molecule has 92 valence electrons. The van der Waals surface area contributed by atoms with Crippen molar-refractivity contribution in [1.29, 1.82) is 0 Å². The summed E-state index contributed by atoms with van der Waals surface area (Å²) < 4.78 is 24.1. The fourth-order valence-electron chi connectivity index (χ4n) is 1.69.